The van der Waals surface area contributed by atoms with Crippen LogP contribution in [0.5, 0.6) is 0 Å². The standard InChI is InChI=1S/C15H19ClN2O2S/c1-2-11-4-3-5-13(8-11)18-21(19,20)15-9-12(10-17)6-7-14(15)16/h6-7,9,11,13,18H,2-5,8H2,1H3. The molecular weight excluding hydrogens is 308 g/mol. The van der Waals surface area contributed by atoms with Gasteiger partial charge in [0.2, 0.25) is 10.0 Å². The molecule has 1 aliphatic carbocycles. The van der Waals surface area contributed by atoms with Crippen LogP contribution in [0.4, 0.5) is 0 Å². The van der Waals surface area contributed by atoms with Crippen molar-refractivity contribution >= 4 is 21.6 Å². The van der Waals surface area contributed by atoms with E-state index >= 15 is 0 Å². The van der Waals surface area contributed by atoms with E-state index in [1.165, 1.54) is 24.6 Å². The van der Waals surface area contributed by atoms with Crippen molar-refractivity contribution in [1.82, 2.24) is 4.72 Å². The third-order valence-electron chi connectivity index (χ3n) is 4.03. The number of rotatable bonds is 4. The smallest absolute Gasteiger partial charge is 0.208 e. The van der Waals surface area contributed by atoms with Crippen molar-refractivity contribution in [2.45, 2.75) is 50.0 Å². The van der Waals surface area contributed by atoms with Crippen LogP contribution in [0.3, 0.4) is 0 Å². The molecule has 0 heterocycles. The average molecular weight is 327 g/mol. The monoisotopic (exact) mass is 326 g/mol. The molecule has 0 bridgehead atoms. The van der Waals surface area contributed by atoms with Crippen molar-refractivity contribution in [3.8, 4) is 6.07 Å². The largest absolute Gasteiger partial charge is 0.242 e. The number of halogens is 1. The summed E-state index contributed by atoms with van der Waals surface area (Å²) in [6.45, 7) is 2.13. The van der Waals surface area contributed by atoms with Crippen LogP contribution >= 0.6 is 11.6 Å². The zero-order chi connectivity index (χ0) is 15.5. The second-order valence-electron chi connectivity index (χ2n) is 5.52. The molecule has 6 heteroatoms. The molecule has 114 valence electrons. The van der Waals surface area contributed by atoms with E-state index < -0.39 is 10.0 Å². The second kappa shape index (κ2) is 6.78. The average Bonchev–Trinajstić information content (AvgIpc) is 2.47. The molecule has 0 aliphatic heterocycles. The normalized spacial score (nSPS) is 22.7. The minimum absolute atomic E-state index is 0.0122. The number of benzene rings is 1. The number of hydrogen-bond donors (Lipinski definition) is 1. The van der Waals surface area contributed by atoms with Crippen molar-refractivity contribution in [2.75, 3.05) is 0 Å². The van der Waals surface area contributed by atoms with Gasteiger partial charge in [-0.15, -0.1) is 0 Å². The number of sulfonamides is 1. The molecule has 1 aromatic carbocycles. The second-order valence-corrected chi connectivity index (χ2v) is 7.61. The van der Waals surface area contributed by atoms with Crippen LogP contribution in [0.2, 0.25) is 5.02 Å². The first-order valence-electron chi connectivity index (χ1n) is 7.18. The van der Waals surface area contributed by atoms with E-state index in [0.29, 0.717) is 5.92 Å². The third-order valence-corrected chi connectivity index (χ3v) is 6.03. The maximum absolute atomic E-state index is 12.5. The van der Waals surface area contributed by atoms with Crippen molar-refractivity contribution in [3.05, 3.63) is 28.8 Å². The molecule has 0 amide bonds. The Labute approximate surface area is 131 Å². The van der Waals surface area contributed by atoms with E-state index in [0.717, 1.165) is 25.7 Å². The van der Waals surface area contributed by atoms with Gasteiger partial charge in [-0.25, -0.2) is 13.1 Å². The van der Waals surface area contributed by atoms with Crippen molar-refractivity contribution in [1.29, 1.82) is 5.26 Å². The zero-order valence-electron chi connectivity index (χ0n) is 12.0. The molecule has 1 saturated carbocycles. The fraction of sp³-hybridized carbons (Fsp3) is 0.533. The summed E-state index contributed by atoms with van der Waals surface area (Å²) in [6, 6.07) is 6.17. The maximum Gasteiger partial charge on any atom is 0.242 e. The highest BCUT2D eigenvalue weighted by molar-refractivity contribution is 7.89. The van der Waals surface area contributed by atoms with Gasteiger partial charge < -0.3 is 0 Å². The molecule has 4 nitrogen and oxygen atoms in total. The lowest BCUT2D eigenvalue weighted by atomic mass is 9.85. The van der Waals surface area contributed by atoms with Gasteiger partial charge in [-0.2, -0.15) is 5.26 Å². The van der Waals surface area contributed by atoms with Crippen LogP contribution in [-0.4, -0.2) is 14.5 Å². The Kier molecular flexibility index (Phi) is 5.26. The SMILES string of the molecule is CCC1CCCC(NS(=O)(=O)c2cc(C#N)ccc2Cl)C1. The summed E-state index contributed by atoms with van der Waals surface area (Å²) >= 11 is 5.98. The van der Waals surface area contributed by atoms with E-state index in [2.05, 4.69) is 11.6 Å². The van der Waals surface area contributed by atoms with Gasteiger partial charge in [0.25, 0.3) is 0 Å². The van der Waals surface area contributed by atoms with E-state index in [9.17, 15) is 8.42 Å². The highest BCUT2D eigenvalue weighted by atomic mass is 35.5. The molecule has 0 radical (unpaired) electrons. The Hall–Kier alpha value is -1.09. The summed E-state index contributed by atoms with van der Waals surface area (Å²) in [5.41, 5.74) is 0.287. The highest BCUT2D eigenvalue weighted by Gasteiger charge is 2.27. The molecule has 2 atom stereocenters. The van der Waals surface area contributed by atoms with Gasteiger partial charge in [-0.3, -0.25) is 0 Å². The Balaban J connectivity index is 2.21. The molecule has 1 aliphatic rings. The lowest BCUT2D eigenvalue weighted by Gasteiger charge is -2.29. The molecule has 21 heavy (non-hydrogen) atoms. The van der Waals surface area contributed by atoms with Crippen molar-refractivity contribution < 1.29 is 8.42 Å². The Morgan fingerprint density at radius 1 is 1.43 bits per heavy atom. The molecule has 1 aromatic rings. The summed E-state index contributed by atoms with van der Waals surface area (Å²) < 4.78 is 27.7. The fourth-order valence-corrected chi connectivity index (χ4v) is 4.64. The predicted octanol–water partition coefficient (Wildman–Crippen LogP) is 3.46. The van der Waals surface area contributed by atoms with E-state index in [1.807, 2.05) is 6.07 Å². The summed E-state index contributed by atoms with van der Waals surface area (Å²) in [7, 11) is -3.69. The van der Waals surface area contributed by atoms with Gasteiger partial charge >= 0.3 is 0 Å². The molecule has 0 saturated heterocycles. The lowest BCUT2D eigenvalue weighted by Crippen LogP contribution is -2.38. The first kappa shape index (κ1) is 16.3. The molecule has 0 aromatic heterocycles. The van der Waals surface area contributed by atoms with E-state index in [-0.39, 0.29) is 21.5 Å². The Bertz CT molecular complexity index is 652. The summed E-state index contributed by atoms with van der Waals surface area (Å²) in [5, 5.41) is 9.04. The number of nitrogens with one attached hydrogen (secondary N) is 1. The molecule has 0 spiro atoms. The highest BCUT2D eigenvalue weighted by Crippen LogP contribution is 2.29. The third kappa shape index (κ3) is 3.97. The number of hydrogen-bond acceptors (Lipinski definition) is 3. The molecule has 1 fully saturated rings. The van der Waals surface area contributed by atoms with Gasteiger partial charge in [-0.1, -0.05) is 37.8 Å². The lowest BCUT2D eigenvalue weighted by molar-refractivity contribution is 0.301. The summed E-state index contributed by atoms with van der Waals surface area (Å²) in [4.78, 5) is -0.0122. The number of nitriles is 1. The number of nitrogens with zero attached hydrogens (tertiary/aromatic N) is 1. The first-order chi connectivity index (χ1) is 9.96. The topological polar surface area (TPSA) is 70.0 Å². The molecule has 2 rings (SSSR count). The predicted molar refractivity (Wildman–Crippen MR) is 82.5 cm³/mol. The fourth-order valence-electron chi connectivity index (χ4n) is 2.83. The quantitative estimate of drug-likeness (QED) is 0.921. The van der Waals surface area contributed by atoms with Crippen LogP contribution in [0, 0.1) is 17.2 Å². The minimum Gasteiger partial charge on any atom is -0.208 e. The Morgan fingerprint density at radius 2 is 2.19 bits per heavy atom. The van der Waals surface area contributed by atoms with Crippen LogP contribution in [-0.2, 0) is 10.0 Å². The van der Waals surface area contributed by atoms with Gasteiger partial charge in [0.05, 0.1) is 16.7 Å². The molecular formula is C15H19ClN2O2S. The zero-order valence-corrected chi connectivity index (χ0v) is 13.5. The summed E-state index contributed by atoms with van der Waals surface area (Å²) in [6.07, 6.45) is 5.00. The van der Waals surface area contributed by atoms with Gasteiger partial charge in [0.1, 0.15) is 4.90 Å². The van der Waals surface area contributed by atoms with Crippen molar-refractivity contribution in [2.24, 2.45) is 5.92 Å². The minimum atomic E-state index is -3.69. The first-order valence-corrected chi connectivity index (χ1v) is 9.04. The van der Waals surface area contributed by atoms with Crippen LogP contribution < -0.4 is 4.72 Å². The maximum atomic E-state index is 12.5. The molecule has 1 N–H and O–H groups in total. The molecule has 2 unspecified atom stereocenters. The van der Waals surface area contributed by atoms with Gasteiger partial charge in [0.15, 0.2) is 0 Å². The van der Waals surface area contributed by atoms with Gasteiger partial charge in [0, 0.05) is 6.04 Å². The van der Waals surface area contributed by atoms with E-state index in [4.69, 9.17) is 16.9 Å². The van der Waals surface area contributed by atoms with Crippen LogP contribution in [0.15, 0.2) is 23.1 Å². The van der Waals surface area contributed by atoms with Crippen LogP contribution in [0.25, 0.3) is 0 Å². The van der Waals surface area contributed by atoms with E-state index in [1.54, 1.807) is 0 Å². The van der Waals surface area contributed by atoms with Crippen molar-refractivity contribution in [3.63, 3.8) is 0 Å². The van der Waals surface area contributed by atoms with Gasteiger partial charge in [-0.05, 0) is 37.0 Å². The Morgan fingerprint density at radius 3 is 2.86 bits per heavy atom. The summed E-state index contributed by atoms with van der Waals surface area (Å²) in [5.74, 6) is 0.576. The van der Waals surface area contributed by atoms with Crippen LogP contribution in [0.1, 0.15) is 44.6 Å².